The molecule has 0 spiro atoms. The molecule has 3 aromatic rings. The summed E-state index contributed by atoms with van der Waals surface area (Å²) in [4.78, 5) is 12.4. The van der Waals surface area contributed by atoms with Crippen LogP contribution in [-0.4, -0.2) is 20.4 Å². The predicted octanol–water partition coefficient (Wildman–Crippen LogP) is 4.56. The SMILES string of the molecule is CCC(Oc1ccc(F)cc1)C(=O)Nc1ccc(S(=O)(=O)Nc2ccccc2F)cc1. The van der Waals surface area contributed by atoms with E-state index in [0.29, 0.717) is 17.9 Å². The van der Waals surface area contributed by atoms with Crippen molar-refractivity contribution in [2.75, 3.05) is 10.0 Å². The maximum Gasteiger partial charge on any atom is 0.265 e. The number of amides is 1. The summed E-state index contributed by atoms with van der Waals surface area (Å²) in [7, 11) is -4.00. The van der Waals surface area contributed by atoms with E-state index in [0.717, 1.165) is 6.07 Å². The Morgan fingerprint density at radius 2 is 1.61 bits per heavy atom. The van der Waals surface area contributed by atoms with Crippen molar-refractivity contribution in [3.05, 3.63) is 84.4 Å². The highest BCUT2D eigenvalue weighted by atomic mass is 32.2. The molecule has 0 aromatic heterocycles. The van der Waals surface area contributed by atoms with E-state index in [9.17, 15) is 22.0 Å². The first-order valence-electron chi connectivity index (χ1n) is 9.39. The van der Waals surface area contributed by atoms with E-state index in [1.54, 1.807) is 6.92 Å². The van der Waals surface area contributed by atoms with Crippen molar-refractivity contribution in [1.82, 2.24) is 0 Å². The third kappa shape index (κ3) is 5.79. The number of hydrogen-bond donors (Lipinski definition) is 2. The van der Waals surface area contributed by atoms with Crippen molar-refractivity contribution in [2.24, 2.45) is 0 Å². The number of para-hydroxylation sites is 1. The molecule has 162 valence electrons. The van der Waals surface area contributed by atoms with E-state index >= 15 is 0 Å². The lowest BCUT2D eigenvalue weighted by Gasteiger charge is -2.17. The molecule has 6 nitrogen and oxygen atoms in total. The minimum Gasteiger partial charge on any atom is -0.481 e. The molecule has 0 bridgehead atoms. The number of rotatable bonds is 8. The molecular formula is C22H20F2N2O4S. The molecule has 9 heteroatoms. The molecule has 0 saturated carbocycles. The van der Waals surface area contributed by atoms with Crippen LogP contribution in [0.5, 0.6) is 5.75 Å². The van der Waals surface area contributed by atoms with Gasteiger partial charge in [-0.2, -0.15) is 0 Å². The van der Waals surface area contributed by atoms with E-state index in [-0.39, 0.29) is 10.6 Å². The van der Waals surface area contributed by atoms with Crippen LogP contribution in [0.2, 0.25) is 0 Å². The zero-order valence-corrected chi connectivity index (χ0v) is 17.3. The fourth-order valence-corrected chi connectivity index (χ4v) is 3.75. The second-order valence-electron chi connectivity index (χ2n) is 6.57. The lowest BCUT2D eigenvalue weighted by Crippen LogP contribution is -2.32. The number of sulfonamides is 1. The van der Waals surface area contributed by atoms with Gasteiger partial charge in [-0.05, 0) is 67.1 Å². The third-order valence-corrected chi connectivity index (χ3v) is 5.69. The van der Waals surface area contributed by atoms with Gasteiger partial charge in [0, 0.05) is 5.69 Å². The lowest BCUT2D eigenvalue weighted by molar-refractivity contribution is -0.122. The van der Waals surface area contributed by atoms with E-state index in [4.69, 9.17) is 4.74 Å². The monoisotopic (exact) mass is 446 g/mol. The molecule has 0 aliphatic carbocycles. The Balaban J connectivity index is 1.67. The molecule has 3 aromatic carbocycles. The largest absolute Gasteiger partial charge is 0.481 e. The molecule has 0 aliphatic rings. The van der Waals surface area contributed by atoms with Crippen LogP contribution in [0.15, 0.2) is 77.7 Å². The normalized spacial score (nSPS) is 12.1. The standard InChI is InChI=1S/C22H20F2N2O4S/c1-2-21(30-17-11-7-15(23)8-12-17)22(27)25-16-9-13-18(14-10-16)31(28,29)26-20-6-4-3-5-19(20)24/h3-14,21,26H,2H2,1H3,(H,25,27). The van der Waals surface area contributed by atoms with Gasteiger partial charge in [-0.3, -0.25) is 9.52 Å². The quantitative estimate of drug-likeness (QED) is 0.531. The van der Waals surface area contributed by atoms with Crippen LogP contribution in [0.1, 0.15) is 13.3 Å². The van der Waals surface area contributed by atoms with Crippen molar-refractivity contribution in [2.45, 2.75) is 24.3 Å². The van der Waals surface area contributed by atoms with E-state index in [1.807, 2.05) is 0 Å². The summed E-state index contributed by atoms with van der Waals surface area (Å²) in [6.45, 7) is 1.76. The number of nitrogens with one attached hydrogen (secondary N) is 2. The Morgan fingerprint density at radius 1 is 0.968 bits per heavy atom. The van der Waals surface area contributed by atoms with Gasteiger partial charge in [0.1, 0.15) is 17.4 Å². The summed E-state index contributed by atoms with van der Waals surface area (Å²) in [5.41, 5.74) is 0.194. The van der Waals surface area contributed by atoms with Crippen molar-refractivity contribution < 1.29 is 26.7 Å². The topological polar surface area (TPSA) is 84.5 Å². The Labute approximate surface area is 178 Å². The number of halogens is 2. The number of ether oxygens (including phenoxy) is 1. The first-order valence-corrected chi connectivity index (χ1v) is 10.9. The highest BCUT2D eigenvalue weighted by Crippen LogP contribution is 2.21. The van der Waals surface area contributed by atoms with E-state index in [1.165, 1.54) is 66.7 Å². The first-order chi connectivity index (χ1) is 14.8. The van der Waals surface area contributed by atoms with Gasteiger partial charge in [0.15, 0.2) is 6.10 Å². The molecule has 0 aliphatic heterocycles. The first kappa shape index (κ1) is 22.2. The van der Waals surface area contributed by atoms with Crippen molar-refractivity contribution in [1.29, 1.82) is 0 Å². The van der Waals surface area contributed by atoms with Crippen LogP contribution >= 0.6 is 0 Å². The molecule has 0 heterocycles. The maximum atomic E-state index is 13.7. The number of benzene rings is 3. The van der Waals surface area contributed by atoms with Gasteiger partial charge in [0.05, 0.1) is 10.6 Å². The molecule has 0 saturated heterocycles. The molecule has 0 radical (unpaired) electrons. The average Bonchev–Trinajstić information content (AvgIpc) is 2.75. The Morgan fingerprint density at radius 3 is 2.23 bits per heavy atom. The Hall–Kier alpha value is -3.46. The van der Waals surface area contributed by atoms with Crippen molar-refractivity contribution >= 4 is 27.3 Å². The number of anilines is 2. The van der Waals surface area contributed by atoms with Gasteiger partial charge in [-0.1, -0.05) is 19.1 Å². The van der Waals surface area contributed by atoms with Gasteiger partial charge in [0.2, 0.25) is 0 Å². The number of hydrogen-bond acceptors (Lipinski definition) is 4. The summed E-state index contributed by atoms with van der Waals surface area (Å²) in [6.07, 6.45) is -0.459. The van der Waals surface area contributed by atoms with Crippen LogP contribution in [-0.2, 0) is 14.8 Å². The summed E-state index contributed by atoms with van der Waals surface area (Å²) in [5, 5.41) is 2.65. The zero-order chi connectivity index (χ0) is 22.4. The molecule has 1 atom stereocenters. The molecule has 0 fully saturated rings. The molecule has 2 N–H and O–H groups in total. The number of carbonyl (C=O) groups excluding carboxylic acids is 1. The van der Waals surface area contributed by atoms with Crippen LogP contribution in [0.4, 0.5) is 20.2 Å². The minimum atomic E-state index is -4.00. The molecule has 3 rings (SSSR count). The summed E-state index contributed by atoms with van der Waals surface area (Å²) < 4.78 is 59.4. The van der Waals surface area contributed by atoms with Gasteiger partial charge in [-0.25, -0.2) is 17.2 Å². The minimum absolute atomic E-state index is 0.0941. The second-order valence-corrected chi connectivity index (χ2v) is 8.25. The van der Waals surface area contributed by atoms with Crippen LogP contribution in [0.25, 0.3) is 0 Å². The second kappa shape index (κ2) is 9.57. The van der Waals surface area contributed by atoms with Crippen LogP contribution in [0.3, 0.4) is 0 Å². The van der Waals surface area contributed by atoms with E-state index < -0.39 is 33.7 Å². The highest BCUT2D eigenvalue weighted by molar-refractivity contribution is 7.92. The fraction of sp³-hybridized carbons (Fsp3) is 0.136. The van der Waals surface area contributed by atoms with Crippen molar-refractivity contribution in [3.63, 3.8) is 0 Å². The molecule has 31 heavy (non-hydrogen) atoms. The van der Waals surface area contributed by atoms with Crippen LogP contribution in [0, 0.1) is 11.6 Å². The molecule has 1 amide bonds. The van der Waals surface area contributed by atoms with E-state index in [2.05, 4.69) is 10.0 Å². The molecule has 1 unspecified atom stereocenters. The van der Waals surface area contributed by atoms with Gasteiger partial charge >= 0.3 is 0 Å². The average molecular weight is 446 g/mol. The zero-order valence-electron chi connectivity index (χ0n) is 16.5. The van der Waals surface area contributed by atoms with Gasteiger partial charge in [0.25, 0.3) is 15.9 Å². The fourth-order valence-electron chi connectivity index (χ4n) is 2.69. The summed E-state index contributed by atoms with van der Waals surface area (Å²) >= 11 is 0. The lowest BCUT2D eigenvalue weighted by atomic mass is 10.2. The Kier molecular flexibility index (Phi) is 6.86. The van der Waals surface area contributed by atoms with Gasteiger partial charge in [-0.15, -0.1) is 0 Å². The Bertz CT molecular complexity index is 1150. The number of carbonyl (C=O) groups is 1. The maximum absolute atomic E-state index is 13.7. The van der Waals surface area contributed by atoms with Crippen LogP contribution < -0.4 is 14.8 Å². The summed E-state index contributed by atoms with van der Waals surface area (Å²) in [6, 6.07) is 16.1. The predicted molar refractivity (Wildman–Crippen MR) is 113 cm³/mol. The molecular weight excluding hydrogens is 426 g/mol. The highest BCUT2D eigenvalue weighted by Gasteiger charge is 2.20. The van der Waals surface area contributed by atoms with Crippen molar-refractivity contribution in [3.8, 4) is 5.75 Å². The third-order valence-electron chi connectivity index (χ3n) is 4.31. The van der Waals surface area contributed by atoms with Gasteiger partial charge < -0.3 is 10.1 Å². The summed E-state index contributed by atoms with van der Waals surface area (Å²) in [5.74, 6) is -1.19. The smallest absolute Gasteiger partial charge is 0.265 e.